The molecule has 1 fully saturated rings. The molecule has 1 N–H and O–H groups in total. The molecule has 3 amide bonds. The van der Waals surface area contributed by atoms with Crippen molar-refractivity contribution in [3.63, 3.8) is 0 Å². The van der Waals surface area contributed by atoms with Crippen LogP contribution in [0.25, 0.3) is 0 Å². The van der Waals surface area contributed by atoms with Gasteiger partial charge in [0.1, 0.15) is 0 Å². The van der Waals surface area contributed by atoms with E-state index in [9.17, 15) is 14.4 Å². The fourth-order valence-electron chi connectivity index (χ4n) is 3.88. The Labute approximate surface area is 185 Å². The van der Waals surface area contributed by atoms with Crippen LogP contribution in [0.5, 0.6) is 0 Å². The molecule has 0 saturated carbocycles. The van der Waals surface area contributed by atoms with Gasteiger partial charge in [0, 0.05) is 43.9 Å². The van der Waals surface area contributed by atoms with Crippen LogP contribution in [0.2, 0.25) is 0 Å². The minimum Gasteiger partial charge on any atom is -0.342 e. The van der Waals surface area contributed by atoms with Crippen LogP contribution in [0.4, 0.5) is 5.13 Å². The maximum absolute atomic E-state index is 12.7. The number of piperidine rings is 1. The molecule has 2 aliphatic rings. The molecule has 0 spiro atoms. The van der Waals surface area contributed by atoms with Gasteiger partial charge in [-0.25, -0.2) is 9.99 Å². The van der Waals surface area contributed by atoms with Gasteiger partial charge < -0.3 is 10.2 Å². The lowest BCUT2D eigenvalue weighted by molar-refractivity contribution is -0.138. The SMILES string of the molecule is O=C(Nc1nccs1)C1CCCN(C(=O)CCC(=O)N2CCC(c3ccccc3)=N2)C1. The number of aromatic nitrogens is 1. The number of anilines is 1. The van der Waals surface area contributed by atoms with Crippen LogP contribution in [0.3, 0.4) is 0 Å². The van der Waals surface area contributed by atoms with Gasteiger partial charge in [-0.05, 0) is 18.4 Å². The second-order valence-electron chi connectivity index (χ2n) is 7.69. The van der Waals surface area contributed by atoms with Gasteiger partial charge in [0.25, 0.3) is 0 Å². The number of amides is 3. The van der Waals surface area contributed by atoms with E-state index in [1.54, 1.807) is 16.5 Å². The van der Waals surface area contributed by atoms with E-state index in [-0.39, 0.29) is 36.5 Å². The Hall–Kier alpha value is -3.07. The number of carbonyl (C=O) groups excluding carboxylic acids is 3. The summed E-state index contributed by atoms with van der Waals surface area (Å²) in [5, 5.41) is 11.1. The molecular formula is C22H25N5O3S. The molecule has 0 radical (unpaired) electrons. The summed E-state index contributed by atoms with van der Waals surface area (Å²) in [5.74, 6) is -0.599. The Bertz CT molecular complexity index is 961. The highest BCUT2D eigenvalue weighted by Gasteiger charge is 2.29. The highest BCUT2D eigenvalue weighted by molar-refractivity contribution is 7.13. The van der Waals surface area contributed by atoms with E-state index in [0.29, 0.717) is 31.2 Å². The number of likely N-dealkylation sites (tertiary alicyclic amines) is 1. The van der Waals surface area contributed by atoms with Gasteiger partial charge in [-0.15, -0.1) is 11.3 Å². The summed E-state index contributed by atoms with van der Waals surface area (Å²) < 4.78 is 0. The average molecular weight is 440 g/mol. The lowest BCUT2D eigenvalue weighted by Gasteiger charge is -2.32. The van der Waals surface area contributed by atoms with Gasteiger partial charge in [-0.1, -0.05) is 30.3 Å². The predicted molar refractivity (Wildman–Crippen MR) is 119 cm³/mol. The third kappa shape index (κ3) is 5.35. The average Bonchev–Trinajstić information content (AvgIpc) is 3.50. The molecule has 1 unspecified atom stereocenters. The van der Waals surface area contributed by atoms with Gasteiger partial charge >= 0.3 is 0 Å². The summed E-state index contributed by atoms with van der Waals surface area (Å²) in [5.41, 5.74) is 1.91. The fourth-order valence-corrected chi connectivity index (χ4v) is 4.41. The highest BCUT2D eigenvalue weighted by atomic mass is 32.1. The van der Waals surface area contributed by atoms with E-state index < -0.39 is 0 Å². The Morgan fingerprint density at radius 1 is 1.10 bits per heavy atom. The summed E-state index contributed by atoms with van der Waals surface area (Å²) in [6.45, 7) is 1.54. The first-order valence-corrected chi connectivity index (χ1v) is 11.4. The first kappa shape index (κ1) is 21.2. The fraction of sp³-hybridized carbons (Fsp3) is 0.409. The van der Waals surface area contributed by atoms with Crippen molar-refractivity contribution < 1.29 is 14.4 Å². The first-order chi connectivity index (χ1) is 15.1. The monoisotopic (exact) mass is 439 g/mol. The van der Waals surface area contributed by atoms with E-state index in [0.717, 1.165) is 24.1 Å². The van der Waals surface area contributed by atoms with Gasteiger partial charge in [-0.2, -0.15) is 5.10 Å². The Balaban J connectivity index is 1.26. The molecular weight excluding hydrogens is 414 g/mol. The lowest BCUT2D eigenvalue weighted by Crippen LogP contribution is -2.44. The topological polar surface area (TPSA) is 95.0 Å². The number of benzene rings is 1. The first-order valence-electron chi connectivity index (χ1n) is 10.5. The predicted octanol–water partition coefficient (Wildman–Crippen LogP) is 2.74. The van der Waals surface area contributed by atoms with Gasteiger partial charge in [-0.3, -0.25) is 14.4 Å². The van der Waals surface area contributed by atoms with Crippen LogP contribution in [-0.4, -0.2) is 58.0 Å². The van der Waals surface area contributed by atoms with Crippen LogP contribution in [0.1, 0.15) is 37.7 Å². The molecule has 1 aromatic carbocycles. The van der Waals surface area contributed by atoms with Crippen molar-refractivity contribution in [2.75, 3.05) is 25.0 Å². The van der Waals surface area contributed by atoms with Crippen LogP contribution in [0, 0.1) is 5.92 Å². The standard InChI is InChI=1S/C22H25N5O3S/c28-19(26-12-4-7-17(15-26)21(30)24-22-23-11-14-31-22)8-9-20(29)27-13-10-18(25-27)16-5-2-1-3-6-16/h1-3,5-6,11,14,17H,4,7-10,12-13,15H2,(H,23,24,30). The Morgan fingerprint density at radius 2 is 1.90 bits per heavy atom. The van der Waals surface area contributed by atoms with E-state index in [1.165, 1.54) is 16.3 Å². The molecule has 1 saturated heterocycles. The number of nitrogens with one attached hydrogen (secondary N) is 1. The Morgan fingerprint density at radius 3 is 2.68 bits per heavy atom. The number of hydrogen-bond acceptors (Lipinski definition) is 6. The third-order valence-electron chi connectivity index (χ3n) is 5.56. The molecule has 31 heavy (non-hydrogen) atoms. The number of nitrogens with zero attached hydrogens (tertiary/aromatic N) is 4. The van der Waals surface area contributed by atoms with Crippen molar-refractivity contribution in [3.05, 3.63) is 47.5 Å². The van der Waals surface area contributed by atoms with Crippen LogP contribution in [0.15, 0.2) is 47.0 Å². The number of rotatable bonds is 6. The van der Waals surface area contributed by atoms with Crippen molar-refractivity contribution in [2.24, 2.45) is 11.0 Å². The minimum atomic E-state index is -0.256. The zero-order chi connectivity index (χ0) is 21.6. The van der Waals surface area contributed by atoms with Crippen LogP contribution in [-0.2, 0) is 14.4 Å². The summed E-state index contributed by atoms with van der Waals surface area (Å²) >= 11 is 1.37. The number of carbonyl (C=O) groups is 3. The zero-order valence-electron chi connectivity index (χ0n) is 17.2. The molecule has 1 aromatic heterocycles. The van der Waals surface area contributed by atoms with Crippen molar-refractivity contribution >= 4 is 39.9 Å². The summed E-state index contributed by atoms with van der Waals surface area (Å²) in [4.78, 5) is 43.4. The number of hydrogen-bond donors (Lipinski definition) is 1. The quantitative estimate of drug-likeness (QED) is 0.749. The highest BCUT2D eigenvalue weighted by Crippen LogP contribution is 2.21. The molecule has 0 aliphatic carbocycles. The van der Waals surface area contributed by atoms with Crippen molar-refractivity contribution in [2.45, 2.75) is 32.1 Å². The molecule has 162 valence electrons. The Kier molecular flexibility index (Phi) is 6.71. The van der Waals surface area contributed by atoms with E-state index >= 15 is 0 Å². The molecule has 2 aromatic rings. The van der Waals surface area contributed by atoms with Crippen LogP contribution >= 0.6 is 11.3 Å². The van der Waals surface area contributed by atoms with Crippen molar-refractivity contribution in [1.82, 2.24) is 14.9 Å². The van der Waals surface area contributed by atoms with E-state index in [4.69, 9.17) is 0 Å². The van der Waals surface area contributed by atoms with E-state index in [1.807, 2.05) is 30.3 Å². The van der Waals surface area contributed by atoms with Gasteiger partial charge in [0.2, 0.25) is 17.7 Å². The molecule has 0 bridgehead atoms. The summed E-state index contributed by atoms with van der Waals surface area (Å²) in [6.07, 6.45) is 4.12. The summed E-state index contributed by atoms with van der Waals surface area (Å²) in [6, 6.07) is 9.80. The largest absolute Gasteiger partial charge is 0.342 e. The number of thiazole rings is 1. The van der Waals surface area contributed by atoms with E-state index in [2.05, 4.69) is 15.4 Å². The van der Waals surface area contributed by atoms with Crippen LogP contribution < -0.4 is 5.32 Å². The number of hydrazone groups is 1. The normalized spacial score (nSPS) is 18.6. The summed E-state index contributed by atoms with van der Waals surface area (Å²) in [7, 11) is 0. The molecule has 9 heteroatoms. The smallest absolute Gasteiger partial charge is 0.243 e. The molecule has 1 atom stereocenters. The minimum absolute atomic E-state index is 0.0912. The maximum atomic E-state index is 12.7. The third-order valence-corrected chi connectivity index (χ3v) is 6.25. The van der Waals surface area contributed by atoms with Crippen molar-refractivity contribution in [1.29, 1.82) is 0 Å². The van der Waals surface area contributed by atoms with Crippen molar-refractivity contribution in [3.8, 4) is 0 Å². The second-order valence-corrected chi connectivity index (χ2v) is 8.58. The molecule has 4 rings (SSSR count). The molecule has 8 nitrogen and oxygen atoms in total. The van der Waals surface area contributed by atoms with Gasteiger partial charge in [0.05, 0.1) is 18.2 Å². The zero-order valence-corrected chi connectivity index (χ0v) is 18.0. The molecule has 2 aliphatic heterocycles. The molecule has 3 heterocycles. The lowest BCUT2D eigenvalue weighted by atomic mass is 9.97. The second kappa shape index (κ2) is 9.82. The van der Waals surface area contributed by atoms with Gasteiger partial charge in [0.15, 0.2) is 5.13 Å². The maximum Gasteiger partial charge on any atom is 0.243 e.